The van der Waals surface area contributed by atoms with Gasteiger partial charge in [0.1, 0.15) is 31.6 Å². The minimum absolute atomic E-state index is 0.113. The molecule has 1 unspecified atom stereocenters. The van der Waals surface area contributed by atoms with Crippen molar-refractivity contribution in [3.63, 3.8) is 0 Å². The van der Waals surface area contributed by atoms with E-state index in [1.165, 1.54) is 0 Å². The topological polar surface area (TPSA) is 48.1 Å². The van der Waals surface area contributed by atoms with Crippen LogP contribution in [0, 0.1) is 0 Å². The molecule has 1 aromatic rings. The zero-order chi connectivity index (χ0) is 16.5. The Hall–Kier alpha value is -1.44. The molecule has 124 valence electrons. The van der Waals surface area contributed by atoms with Crippen LogP contribution in [0.5, 0.6) is 5.75 Å². The van der Waals surface area contributed by atoms with Gasteiger partial charge in [-0.15, -0.1) is 0 Å². The lowest BCUT2D eigenvalue weighted by molar-refractivity contribution is -0.148. The Kier molecular flexibility index (Phi) is 4.60. The van der Waals surface area contributed by atoms with Gasteiger partial charge in [0.2, 0.25) is 0 Å². The molecular weight excluding hydrogens is 307 g/mol. The average Bonchev–Trinajstić information content (AvgIpc) is 2.85. The maximum Gasteiger partial charge on any atom is 0.398 e. The highest BCUT2D eigenvalue weighted by molar-refractivity contribution is 5.49. The molecule has 3 nitrogen and oxygen atoms in total. The van der Waals surface area contributed by atoms with Gasteiger partial charge in [0.15, 0.2) is 0 Å². The maximum absolute atomic E-state index is 13.3. The zero-order valence-electron chi connectivity index (χ0n) is 12.0. The lowest BCUT2D eigenvalue weighted by Crippen LogP contribution is -2.34. The summed E-state index contributed by atoms with van der Waals surface area (Å²) in [4.78, 5) is 3.96. The number of aryl methyl sites for hydroxylation is 1. The summed E-state index contributed by atoms with van der Waals surface area (Å²) in [6.45, 7) is -1.35. The molecule has 0 aliphatic carbocycles. The van der Waals surface area contributed by atoms with Crippen LogP contribution < -0.4 is 10.5 Å². The normalized spacial score (nSPS) is 18.0. The molecule has 2 heterocycles. The largest absolute Gasteiger partial charge is 0.490 e. The van der Waals surface area contributed by atoms with E-state index in [2.05, 4.69) is 4.98 Å². The van der Waals surface area contributed by atoms with E-state index in [-0.39, 0.29) is 29.3 Å². The molecule has 0 aromatic carbocycles. The first-order valence-corrected chi connectivity index (χ1v) is 6.88. The molecule has 2 rings (SSSR count). The van der Waals surface area contributed by atoms with Crippen molar-refractivity contribution in [3.05, 3.63) is 23.0 Å². The molecular formula is C14H17F5N2O. The van der Waals surface area contributed by atoms with Crippen LogP contribution in [-0.2, 0) is 11.8 Å². The third-order valence-electron chi connectivity index (χ3n) is 3.96. The Morgan fingerprint density at radius 2 is 2.00 bits per heavy atom. The van der Waals surface area contributed by atoms with Gasteiger partial charge in [-0.3, -0.25) is 4.98 Å². The van der Waals surface area contributed by atoms with Crippen molar-refractivity contribution < 1.29 is 26.7 Å². The Morgan fingerprint density at radius 3 is 2.45 bits per heavy atom. The smallest absolute Gasteiger partial charge is 0.398 e. The summed E-state index contributed by atoms with van der Waals surface area (Å²) in [7, 11) is 0. The quantitative estimate of drug-likeness (QED) is 0.847. The number of ether oxygens (including phenoxy) is 1. The van der Waals surface area contributed by atoms with Crippen molar-refractivity contribution in [2.45, 2.75) is 30.9 Å². The molecule has 2 N–H and O–H groups in total. The minimum Gasteiger partial charge on any atom is -0.490 e. The van der Waals surface area contributed by atoms with Gasteiger partial charge < -0.3 is 10.5 Å². The van der Waals surface area contributed by atoms with Gasteiger partial charge in [0, 0.05) is 12.1 Å². The number of aromatic nitrogens is 1. The number of fused-ring (bicyclic) bond motifs is 1. The number of hydrogen-bond acceptors (Lipinski definition) is 3. The fourth-order valence-corrected chi connectivity index (χ4v) is 2.55. The van der Waals surface area contributed by atoms with Gasteiger partial charge in [-0.2, -0.15) is 13.2 Å². The molecule has 0 saturated carbocycles. The highest BCUT2D eigenvalue weighted by Crippen LogP contribution is 2.44. The highest BCUT2D eigenvalue weighted by atomic mass is 19.4. The number of nitrogens with zero attached hydrogens (tertiary/aromatic N) is 1. The third kappa shape index (κ3) is 2.64. The molecule has 0 radical (unpaired) electrons. The summed E-state index contributed by atoms with van der Waals surface area (Å²) in [5.74, 6) is -1.78. The summed E-state index contributed by atoms with van der Waals surface area (Å²) in [5.41, 5.74) is 3.73. The summed E-state index contributed by atoms with van der Waals surface area (Å²) in [6, 6.07) is 1.09. The Labute approximate surface area is 124 Å². The van der Waals surface area contributed by atoms with Gasteiger partial charge in [-0.05, 0) is 12.5 Å². The molecule has 0 fully saturated rings. The average molecular weight is 324 g/mol. The van der Waals surface area contributed by atoms with Crippen molar-refractivity contribution in [1.82, 2.24) is 4.98 Å². The number of rotatable bonds is 5. The zero-order valence-corrected chi connectivity index (χ0v) is 12.0. The van der Waals surface area contributed by atoms with Crippen molar-refractivity contribution >= 4 is 0 Å². The van der Waals surface area contributed by atoms with Crippen molar-refractivity contribution in [3.8, 4) is 5.75 Å². The molecule has 1 aliphatic rings. The van der Waals surface area contributed by atoms with E-state index in [1.54, 1.807) is 6.92 Å². The summed E-state index contributed by atoms with van der Waals surface area (Å²) in [6.07, 6.45) is -4.28. The molecule has 0 spiro atoms. The van der Waals surface area contributed by atoms with E-state index >= 15 is 0 Å². The van der Waals surface area contributed by atoms with E-state index < -0.39 is 37.4 Å². The second-order valence-corrected chi connectivity index (χ2v) is 5.39. The van der Waals surface area contributed by atoms with Crippen molar-refractivity contribution in [1.29, 1.82) is 0 Å². The molecule has 1 atom stereocenters. The Morgan fingerprint density at radius 1 is 1.36 bits per heavy atom. The molecule has 0 saturated heterocycles. The lowest BCUT2D eigenvalue weighted by atomic mass is 9.83. The molecule has 0 bridgehead atoms. The first kappa shape index (κ1) is 16.9. The summed E-state index contributed by atoms with van der Waals surface area (Å²) in [5, 5.41) is 0. The van der Waals surface area contributed by atoms with Crippen LogP contribution in [0.1, 0.15) is 29.8 Å². The van der Waals surface area contributed by atoms with Gasteiger partial charge in [0.05, 0.1) is 16.8 Å². The monoisotopic (exact) mass is 324 g/mol. The molecule has 0 amide bonds. The lowest BCUT2D eigenvalue weighted by Gasteiger charge is -2.23. The van der Waals surface area contributed by atoms with Crippen LogP contribution in [0.15, 0.2) is 6.07 Å². The first-order chi connectivity index (χ1) is 10.3. The summed E-state index contributed by atoms with van der Waals surface area (Å²) < 4.78 is 71.1. The highest BCUT2D eigenvalue weighted by Gasteiger charge is 2.46. The van der Waals surface area contributed by atoms with Gasteiger partial charge in [0.25, 0.3) is 0 Å². The van der Waals surface area contributed by atoms with Gasteiger partial charge in [-0.25, -0.2) is 8.78 Å². The number of nitrogens with two attached hydrogens (primary N) is 1. The van der Waals surface area contributed by atoms with Crippen LogP contribution in [0.25, 0.3) is 0 Å². The second-order valence-electron chi connectivity index (χ2n) is 5.39. The fraction of sp³-hybridized carbons (Fsp3) is 0.643. The Balaban J connectivity index is 2.61. The predicted octanol–water partition coefficient (Wildman–Crippen LogP) is 2.82. The Bertz CT molecular complexity index is 543. The van der Waals surface area contributed by atoms with E-state index in [9.17, 15) is 22.0 Å². The van der Waals surface area contributed by atoms with Crippen LogP contribution >= 0.6 is 0 Å². The first-order valence-electron chi connectivity index (χ1n) is 6.88. The standard InChI is InChI=1S/C14H17F5N2O/c1-2-10-12-8(13(5-15,6-16)7-22-12)3-11(21-10)9(4-20)14(17,18)19/h3,9H,2,4-7,20H2,1H3. The van der Waals surface area contributed by atoms with Crippen LogP contribution in [0.3, 0.4) is 0 Å². The SMILES string of the molecule is CCc1nc(C(CN)C(F)(F)F)cc2c1OCC2(CF)CF. The minimum atomic E-state index is -4.57. The predicted molar refractivity (Wildman–Crippen MR) is 70.6 cm³/mol. The third-order valence-corrected chi connectivity index (χ3v) is 3.96. The van der Waals surface area contributed by atoms with E-state index in [0.717, 1.165) is 6.07 Å². The number of halogens is 5. The van der Waals surface area contributed by atoms with Crippen LogP contribution in [0.4, 0.5) is 22.0 Å². The second kappa shape index (κ2) is 5.98. The van der Waals surface area contributed by atoms with Gasteiger partial charge >= 0.3 is 6.18 Å². The molecule has 1 aliphatic heterocycles. The maximum atomic E-state index is 13.3. The van der Waals surface area contributed by atoms with Crippen molar-refractivity contribution in [2.75, 3.05) is 26.5 Å². The van der Waals surface area contributed by atoms with Crippen molar-refractivity contribution in [2.24, 2.45) is 5.73 Å². The number of pyridine rings is 1. The number of alkyl halides is 5. The number of hydrogen-bond donors (Lipinski definition) is 1. The molecule has 8 heteroatoms. The van der Waals surface area contributed by atoms with Gasteiger partial charge in [-0.1, -0.05) is 6.92 Å². The van der Waals surface area contributed by atoms with Crippen LogP contribution in [-0.4, -0.2) is 37.7 Å². The van der Waals surface area contributed by atoms with Crippen LogP contribution in [0.2, 0.25) is 0 Å². The van der Waals surface area contributed by atoms with E-state index in [0.29, 0.717) is 6.42 Å². The summed E-state index contributed by atoms with van der Waals surface area (Å²) >= 11 is 0. The molecule has 1 aromatic heterocycles. The molecule has 22 heavy (non-hydrogen) atoms. The van der Waals surface area contributed by atoms with E-state index in [1.807, 2.05) is 0 Å². The van der Waals surface area contributed by atoms with E-state index in [4.69, 9.17) is 10.5 Å². The fourth-order valence-electron chi connectivity index (χ4n) is 2.55.